The smallest absolute Gasteiger partial charge is 0.118 e. The zero-order valence-electron chi connectivity index (χ0n) is 10.5. The van der Waals surface area contributed by atoms with Gasteiger partial charge in [0.1, 0.15) is 5.75 Å². The van der Waals surface area contributed by atoms with E-state index in [1.165, 1.54) is 22.0 Å². The average molecular weight is 267 g/mol. The van der Waals surface area contributed by atoms with Gasteiger partial charge in [-0.3, -0.25) is 0 Å². The van der Waals surface area contributed by atoms with Crippen molar-refractivity contribution in [1.82, 2.24) is 4.37 Å². The normalized spacial score (nSPS) is 10.4. The van der Waals surface area contributed by atoms with Crippen molar-refractivity contribution >= 4 is 11.5 Å². The first kappa shape index (κ1) is 11.9. The predicted octanol–water partition coefficient (Wildman–Crippen LogP) is 4.49. The highest BCUT2D eigenvalue weighted by Crippen LogP contribution is 2.30. The molecule has 0 bridgehead atoms. The third kappa shape index (κ3) is 2.51. The fraction of sp³-hybridized carbons (Fsp3) is 0.0625. The van der Waals surface area contributed by atoms with E-state index in [9.17, 15) is 0 Å². The largest absolute Gasteiger partial charge is 0.497 e. The zero-order valence-corrected chi connectivity index (χ0v) is 11.4. The lowest BCUT2D eigenvalue weighted by Gasteiger charge is -2.00. The van der Waals surface area contributed by atoms with E-state index < -0.39 is 0 Å². The van der Waals surface area contributed by atoms with E-state index in [1.54, 1.807) is 7.11 Å². The van der Waals surface area contributed by atoms with Crippen molar-refractivity contribution in [2.75, 3.05) is 7.11 Å². The Morgan fingerprint density at radius 1 is 0.895 bits per heavy atom. The van der Waals surface area contributed by atoms with Crippen molar-refractivity contribution in [2.24, 2.45) is 0 Å². The van der Waals surface area contributed by atoms with Crippen molar-refractivity contribution in [3.05, 3.63) is 60.7 Å². The quantitative estimate of drug-likeness (QED) is 0.697. The molecule has 0 aliphatic carbocycles. The van der Waals surface area contributed by atoms with Crippen LogP contribution in [0.1, 0.15) is 0 Å². The van der Waals surface area contributed by atoms with Gasteiger partial charge in [-0.05, 0) is 47.4 Å². The van der Waals surface area contributed by atoms with Gasteiger partial charge < -0.3 is 4.74 Å². The van der Waals surface area contributed by atoms with Crippen LogP contribution in [-0.2, 0) is 0 Å². The number of hydrogen-bond donors (Lipinski definition) is 0. The van der Waals surface area contributed by atoms with Crippen LogP contribution in [0.15, 0.2) is 60.7 Å². The van der Waals surface area contributed by atoms with Crippen LogP contribution >= 0.6 is 11.5 Å². The molecule has 94 valence electrons. The van der Waals surface area contributed by atoms with Gasteiger partial charge in [0, 0.05) is 5.56 Å². The molecule has 19 heavy (non-hydrogen) atoms. The first-order valence-electron chi connectivity index (χ1n) is 6.03. The van der Waals surface area contributed by atoms with Crippen LogP contribution in [0, 0.1) is 0 Å². The van der Waals surface area contributed by atoms with E-state index in [1.807, 2.05) is 30.3 Å². The van der Waals surface area contributed by atoms with Crippen molar-refractivity contribution in [1.29, 1.82) is 0 Å². The molecule has 0 aliphatic heterocycles. The summed E-state index contributed by atoms with van der Waals surface area (Å²) in [6.45, 7) is 0. The van der Waals surface area contributed by atoms with Gasteiger partial charge in [-0.25, -0.2) is 0 Å². The Hall–Kier alpha value is -2.13. The van der Waals surface area contributed by atoms with Crippen molar-refractivity contribution in [3.63, 3.8) is 0 Å². The highest BCUT2D eigenvalue weighted by atomic mass is 32.1. The number of aromatic nitrogens is 1. The van der Waals surface area contributed by atoms with Crippen LogP contribution in [0.4, 0.5) is 0 Å². The van der Waals surface area contributed by atoms with Gasteiger partial charge in [-0.15, -0.1) is 0 Å². The predicted molar refractivity (Wildman–Crippen MR) is 79.5 cm³/mol. The van der Waals surface area contributed by atoms with Gasteiger partial charge >= 0.3 is 0 Å². The van der Waals surface area contributed by atoms with Crippen LogP contribution < -0.4 is 4.74 Å². The number of nitrogens with zero attached hydrogens (tertiary/aromatic N) is 1. The van der Waals surface area contributed by atoms with Crippen molar-refractivity contribution < 1.29 is 4.74 Å². The van der Waals surface area contributed by atoms with Crippen LogP contribution in [-0.4, -0.2) is 11.5 Å². The second-order valence-corrected chi connectivity index (χ2v) is 4.98. The van der Waals surface area contributed by atoms with Gasteiger partial charge in [0.05, 0.1) is 17.7 Å². The molecule has 0 unspecified atom stereocenters. The third-order valence-corrected chi connectivity index (χ3v) is 3.79. The maximum Gasteiger partial charge on any atom is 0.118 e. The Morgan fingerprint density at radius 2 is 1.63 bits per heavy atom. The highest BCUT2D eigenvalue weighted by Gasteiger charge is 2.06. The van der Waals surface area contributed by atoms with Gasteiger partial charge in [-0.2, -0.15) is 4.37 Å². The van der Waals surface area contributed by atoms with E-state index >= 15 is 0 Å². The number of methoxy groups -OCH3 is 1. The van der Waals surface area contributed by atoms with Gasteiger partial charge in [-0.1, -0.05) is 30.3 Å². The molecular weight excluding hydrogens is 254 g/mol. The molecule has 0 atom stereocenters. The molecule has 2 nitrogen and oxygen atoms in total. The Balaban J connectivity index is 1.92. The minimum absolute atomic E-state index is 0.872. The number of rotatable bonds is 3. The summed E-state index contributed by atoms with van der Waals surface area (Å²) in [6, 6.07) is 20.4. The molecule has 0 spiro atoms. The minimum Gasteiger partial charge on any atom is -0.497 e. The monoisotopic (exact) mass is 267 g/mol. The highest BCUT2D eigenvalue weighted by molar-refractivity contribution is 7.09. The van der Waals surface area contributed by atoms with E-state index in [4.69, 9.17) is 4.74 Å². The molecule has 2 aromatic carbocycles. The summed E-state index contributed by atoms with van der Waals surface area (Å²) >= 11 is 1.52. The summed E-state index contributed by atoms with van der Waals surface area (Å²) in [7, 11) is 1.68. The number of hydrogen-bond acceptors (Lipinski definition) is 3. The molecule has 0 N–H and O–H groups in total. The van der Waals surface area contributed by atoms with Crippen LogP contribution in [0.2, 0.25) is 0 Å². The first-order valence-corrected chi connectivity index (χ1v) is 6.81. The van der Waals surface area contributed by atoms with E-state index in [0.717, 1.165) is 17.0 Å². The Morgan fingerprint density at radius 3 is 2.32 bits per heavy atom. The molecule has 0 aliphatic rings. The standard InChI is InChI=1S/C16H13NOS/c1-18-14-9-7-13(8-10-14)16-11-15(17-19-16)12-5-3-2-4-6-12/h2-11H,1H3. The minimum atomic E-state index is 0.872. The molecule has 0 saturated heterocycles. The molecule has 3 aromatic rings. The fourth-order valence-corrected chi connectivity index (χ4v) is 2.67. The number of ether oxygens (including phenoxy) is 1. The average Bonchev–Trinajstić information content (AvgIpc) is 2.98. The maximum atomic E-state index is 5.17. The van der Waals surface area contributed by atoms with E-state index in [2.05, 4.69) is 34.7 Å². The van der Waals surface area contributed by atoms with Crippen LogP contribution in [0.5, 0.6) is 5.75 Å². The molecule has 1 heterocycles. The maximum absolute atomic E-state index is 5.17. The van der Waals surface area contributed by atoms with Gasteiger partial charge in [0.2, 0.25) is 0 Å². The molecule has 3 rings (SSSR count). The molecule has 0 fully saturated rings. The summed E-state index contributed by atoms with van der Waals surface area (Å²) in [5.41, 5.74) is 3.34. The number of benzene rings is 2. The second kappa shape index (κ2) is 5.24. The fourth-order valence-electron chi connectivity index (χ4n) is 1.91. The van der Waals surface area contributed by atoms with Crippen LogP contribution in [0.25, 0.3) is 21.7 Å². The Kier molecular flexibility index (Phi) is 3.29. The third-order valence-electron chi connectivity index (χ3n) is 2.95. The summed E-state index contributed by atoms with van der Waals surface area (Å²) < 4.78 is 9.68. The first-order chi connectivity index (χ1) is 9.36. The summed E-state index contributed by atoms with van der Waals surface area (Å²) in [5, 5.41) is 0. The molecule has 0 saturated carbocycles. The molecule has 3 heteroatoms. The summed E-state index contributed by atoms with van der Waals surface area (Å²) in [5.74, 6) is 0.872. The lowest BCUT2D eigenvalue weighted by molar-refractivity contribution is 0.415. The molecule has 1 aromatic heterocycles. The second-order valence-electron chi connectivity index (χ2n) is 4.17. The van der Waals surface area contributed by atoms with Crippen LogP contribution in [0.3, 0.4) is 0 Å². The van der Waals surface area contributed by atoms with Crippen molar-refractivity contribution in [3.8, 4) is 27.4 Å². The lowest BCUT2D eigenvalue weighted by Crippen LogP contribution is -1.81. The molecular formula is C16H13NOS. The van der Waals surface area contributed by atoms with Gasteiger partial charge in [0.25, 0.3) is 0 Å². The lowest BCUT2D eigenvalue weighted by atomic mass is 10.1. The topological polar surface area (TPSA) is 22.1 Å². The zero-order chi connectivity index (χ0) is 13.1. The SMILES string of the molecule is COc1ccc(-c2cc(-c3ccccc3)ns2)cc1. The Bertz CT molecular complexity index is 659. The molecule has 0 radical (unpaired) electrons. The van der Waals surface area contributed by atoms with E-state index in [-0.39, 0.29) is 0 Å². The van der Waals surface area contributed by atoms with Gasteiger partial charge in [0.15, 0.2) is 0 Å². The van der Waals surface area contributed by atoms with Crippen molar-refractivity contribution in [2.45, 2.75) is 0 Å². The molecule has 0 amide bonds. The summed E-state index contributed by atoms with van der Waals surface area (Å²) in [4.78, 5) is 1.17. The van der Waals surface area contributed by atoms with E-state index in [0.29, 0.717) is 0 Å². The summed E-state index contributed by atoms with van der Waals surface area (Å²) in [6.07, 6.45) is 0. The Labute approximate surface area is 116 Å².